The lowest BCUT2D eigenvalue weighted by Gasteiger charge is -2.16. The molecule has 0 bridgehead atoms. The van der Waals surface area contributed by atoms with Crippen molar-refractivity contribution in [3.8, 4) is 0 Å². The number of rotatable bonds is 4. The number of benzene rings is 1. The minimum Gasteiger partial charge on any atom is -0.343 e. The zero-order chi connectivity index (χ0) is 16.4. The average molecular weight is 339 g/mol. The van der Waals surface area contributed by atoms with Crippen LogP contribution in [0.4, 0.5) is 0 Å². The van der Waals surface area contributed by atoms with E-state index < -0.39 is 0 Å². The molecule has 122 valence electrons. The lowest BCUT2D eigenvalue weighted by Crippen LogP contribution is -2.30. The van der Waals surface area contributed by atoms with Crippen molar-refractivity contribution in [1.82, 2.24) is 15.0 Å². The number of hydrogen-bond donors (Lipinski definition) is 0. The molecule has 0 spiro atoms. The van der Waals surface area contributed by atoms with E-state index in [9.17, 15) is 4.79 Å². The van der Waals surface area contributed by atoms with E-state index in [0.29, 0.717) is 25.3 Å². The molecule has 0 radical (unpaired) electrons. The van der Waals surface area contributed by atoms with Crippen LogP contribution >= 0.6 is 11.3 Å². The Hall–Kier alpha value is -2.47. The molecule has 0 unspecified atom stereocenters. The molecule has 1 aliphatic rings. The summed E-state index contributed by atoms with van der Waals surface area (Å²) in [7, 11) is 0. The highest BCUT2D eigenvalue weighted by molar-refractivity contribution is 7.10. The first-order chi connectivity index (χ1) is 11.8. The van der Waals surface area contributed by atoms with Gasteiger partial charge in [-0.3, -0.25) is 4.79 Å². The molecule has 2 atom stereocenters. The summed E-state index contributed by atoms with van der Waals surface area (Å²) < 4.78 is 4.93. The van der Waals surface area contributed by atoms with Gasteiger partial charge in [-0.05, 0) is 17.0 Å². The molecule has 5 nitrogen and oxygen atoms in total. The summed E-state index contributed by atoms with van der Waals surface area (Å²) in [5.41, 5.74) is 1.21. The molecular weight excluding hydrogens is 322 g/mol. The molecule has 0 N–H and O–H groups in total. The topological polar surface area (TPSA) is 59.2 Å². The maximum Gasteiger partial charge on any atom is 0.227 e. The van der Waals surface area contributed by atoms with Crippen molar-refractivity contribution in [2.45, 2.75) is 18.3 Å². The number of carbonyl (C=O) groups is 1. The van der Waals surface area contributed by atoms with Gasteiger partial charge in [0.1, 0.15) is 0 Å². The molecule has 4 rings (SSSR count). The summed E-state index contributed by atoms with van der Waals surface area (Å²) in [6.07, 6.45) is 1.81. The van der Waals surface area contributed by atoms with Crippen LogP contribution in [0.1, 0.15) is 28.1 Å². The molecule has 6 heteroatoms. The third-order valence-corrected chi connectivity index (χ3v) is 5.39. The molecule has 24 heavy (non-hydrogen) atoms. The second-order valence-electron chi connectivity index (χ2n) is 5.97. The number of likely N-dealkylation sites (tertiary alicyclic amines) is 1. The highest BCUT2D eigenvalue weighted by Crippen LogP contribution is 2.38. The molecule has 2 aromatic heterocycles. The summed E-state index contributed by atoms with van der Waals surface area (Å²) >= 11 is 1.62. The van der Waals surface area contributed by atoms with Crippen molar-refractivity contribution < 1.29 is 9.32 Å². The van der Waals surface area contributed by atoms with Crippen LogP contribution in [-0.2, 0) is 11.2 Å². The zero-order valence-corrected chi connectivity index (χ0v) is 13.9. The fraction of sp³-hybridized carbons (Fsp3) is 0.278. The Balaban J connectivity index is 1.57. The van der Waals surface area contributed by atoms with Crippen LogP contribution in [0.2, 0.25) is 0 Å². The molecule has 3 aromatic rings. The average Bonchev–Trinajstić information content (AvgIpc) is 3.36. The van der Waals surface area contributed by atoms with Crippen LogP contribution in [0.3, 0.4) is 0 Å². The van der Waals surface area contributed by atoms with E-state index in [1.54, 1.807) is 11.3 Å². The molecule has 0 aliphatic carbocycles. The molecule has 1 saturated heterocycles. The highest BCUT2D eigenvalue weighted by atomic mass is 32.1. The van der Waals surface area contributed by atoms with Gasteiger partial charge in [-0.15, -0.1) is 11.3 Å². The van der Waals surface area contributed by atoms with Crippen molar-refractivity contribution in [1.29, 1.82) is 0 Å². The van der Waals surface area contributed by atoms with E-state index in [-0.39, 0.29) is 17.7 Å². The first-order valence-electron chi connectivity index (χ1n) is 7.92. The van der Waals surface area contributed by atoms with Gasteiger partial charge < -0.3 is 9.42 Å². The lowest BCUT2D eigenvalue weighted by molar-refractivity contribution is -0.129. The van der Waals surface area contributed by atoms with Crippen molar-refractivity contribution in [2.24, 2.45) is 0 Å². The maximum absolute atomic E-state index is 12.7. The molecule has 0 saturated carbocycles. The summed E-state index contributed by atoms with van der Waals surface area (Å²) in [6.45, 7) is 1.32. The van der Waals surface area contributed by atoms with Crippen LogP contribution < -0.4 is 0 Å². The fourth-order valence-electron chi connectivity index (χ4n) is 3.32. The van der Waals surface area contributed by atoms with Crippen molar-refractivity contribution in [2.75, 3.05) is 13.1 Å². The third-order valence-electron chi connectivity index (χ3n) is 4.52. The molecule has 3 heterocycles. The van der Waals surface area contributed by atoms with Gasteiger partial charge in [0, 0.05) is 29.8 Å². The molecule has 1 amide bonds. The predicted molar refractivity (Wildman–Crippen MR) is 90.8 cm³/mol. The largest absolute Gasteiger partial charge is 0.343 e. The SMILES string of the molecule is O=C(Cc1cccs1)N1C[C@H](c2ccccc2)[C@H](c2ncon2)C1. The van der Waals surface area contributed by atoms with Gasteiger partial charge in [0.15, 0.2) is 5.82 Å². The van der Waals surface area contributed by atoms with Crippen LogP contribution in [0.25, 0.3) is 0 Å². The summed E-state index contributed by atoms with van der Waals surface area (Å²) in [5, 5.41) is 6.02. The number of carbonyl (C=O) groups excluding carboxylic acids is 1. The highest BCUT2D eigenvalue weighted by Gasteiger charge is 2.39. The van der Waals surface area contributed by atoms with E-state index in [2.05, 4.69) is 22.3 Å². The van der Waals surface area contributed by atoms with Crippen LogP contribution in [0.15, 0.2) is 58.8 Å². The normalized spacial score (nSPS) is 20.4. The minimum atomic E-state index is 0.0680. The minimum absolute atomic E-state index is 0.0680. The van der Waals surface area contributed by atoms with Gasteiger partial charge in [0.2, 0.25) is 12.3 Å². The first-order valence-corrected chi connectivity index (χ1v) is 8.80. The predicted octanol–water partition coefficient (Wildman–Crippen LogP) is 3.08. The number of nitrogens with zero attached hydrogens (tertiary/aromatic N) is 3. The van der Waals surface area contributed by atoms with Crippen molar-refractivity contribution in [3.63, 3.8) is 0 Å². The summed E-state index contributed by atoms with van der Waals surface area (Å²) in [4.78, 5) is 19.9. The quantitative estimate of drug-likeness (QED) is 0.733. The van der Waals surface area contributed by atoms with Gasteiger partial charge in [0.25, 0.3) is 0 Å². The number of amides is 1. The second-order valence-corrected chi connectivity index (χ2v) is 7.00. The fourth-order valence-corrected chi connectivity index (χ4v) is 4.02. The number of thiophene rings is 1. The molecule has 1 aliphatic heterocycles. The number of aromatic nitrogens is 2. The standard InChI is InChI=1S/C18H17N3O2S/c22-17(9-14-7-4-8-24-14)21-10-15(13-5-2-1-3-6-13)16(11-21)18-19-12-23-20-18/h1-8,12,15-16H,9-11H2/t15-,16-/m1/s1. The maximum atomic E-state index is 12.7. The van der Waals surface area contributed by atoms with Gasteiger partial charge in [-0.25, -0.2) is 0 Å². The number of hydrogen-bond acceptors (Lipinski definition) is 5. The smallest absolute Gasteiger partial charge is 0.227 e. The summed E-state index contributed by atoms with van der Waals surface area (Å²) in [5.74, 6) is 1.09. The molecule has 1 aromatic carbocycles. The lowest BCUT2D eigenvalue weighted by atomic mass is 9.88. The van der Waals surface area contributed by atoms with Crippen molar-refractivity contribution >= 4 is 17.2 Å². The Kier molecular flexibility index (Phi) is 4.13. The zero-order valence-electron chi connectivity index (χ0n) is 13.0. The Morgan fingerprint density at radius 3 is 2.71 bits per heavy atom. The monoisotopic (exact) mass is 339 g/mol. The van der Waals surface area contributed by atoms with E-state index in [1.165, 1.54) is 12.0 Å². The molecule has 1 fully saturated rings. The van der Waals surface area contributed by atoms with E-state index in [0.717, 1.165) is 4.88 Å². The Morgan fingerprint density at radius 2 is 2.00 bits per heavy atom. The summed E-state index contributed by atoms with van der Waals surface area (Å²) in [6, 6.07) is 14.2. The van der Waals surface area contributed by atoms with Gasteiger partial charge in [-0.1, -0.05) is 41.6 Å². The van der Waals surface area contributed by atoms with Gasteiger partial charge in [-0.2, -0.15) is 4.98 Å². The van der Waals surface area contributed by atoms with Gasteiger partial charge in [0.05, 0.1) is 6.42 Å². The molecular formula is C18H17N3O2S. The Morgan fingerprint density at radius 1 is 1.17 bits per heavy atom. The van der Waals surface area contributed by atoms with E-state index in [4.69, 9.17) is 4.52 Å². The second kappa shape index (κ2) is 6.57. The van der Waals surface area contributed by atoms with Gasteiger partial charge >= 0.3 is 0 Å². The van der Waals surface area contributed by atoms with Crippen LogP contribution in [0, 0.1) is 0 Å². The van der Waals surface area contributed by atoms with Crippen molar-refractivity contribution in [3.05, 3.63) is 70.5 Å². The van der Waals surface area contributed by atoms with E-state index in [1.807, 2.05) is 40.6 Å². The Bertz CT molecular complexity index is 787. The first kappa shape index (κ1) is 15.1. The van der Waals surface area contributed by atoms with Crippen LogP contribution in [0.5, 0.6) is 0 Å². The third kappa shape index (κ3) is 2.97. The Labute approximate surface area is 143 Å². The van der Waals surface area contributed by atoms with Crippen LogP contribution in [-0.4, -0.2) is 34.0 Å². The van der Waals surface area contributed by atoms with E-state index >= 15 is 0 Å².